The molecule has 1 aromatic heterocycles. The monoisotopic (exact) mass is 315 g/mol. The van der Waals surface area contributed by atoms with Crippen molar-refractivity contribution >= 4 is 11.8 Å². The summed E-state index contributed by atoms with van der Waals surface area (Å²) >= 11 is 0. The Hall–Kier alpha value is -2.50. The summed E-state index contributed by atoms with van der Waals surface area (Å²) in [6.45, 7) is 2.70. The highest BCUT2D eigenvalue weighted by Crippen LogP contribution is 2.38. The Morgan fingerprint density at radius 1 is 1.26 bits per heavy atom. The lowest BCUT2D eigenvalue weighted by molar-refractivity contribution is 0.0592. The summed E-state index contributed by atoms with van der Waals surface area (Å²) in [4.78, 5) is 13.2. The van der Waals surface area contributed by atoms with Crippen LogP contribution < -0.4 is 4.90 Å². The van der Waals surface area contributed by atoms with E-state index in [4.69, 9.17) is 0 Å². The second kappa shape index (κ2) is 5.95. The molecule has 1 aliphatic heterocycles. The third-order valence-electron chi connectivity index (χ3n) is 4.22. The summed E-state index contributed by atoms with van der Waals surface area (Å²) in [6, 6.07) is 10.7. The van der Waals surface area contributed by atoms with Gasteiger partial charge in [0.2, 0.25) is 0 Å². The summed E-state index contributed by atoms with van der Waals surface area (Å²) in [5, 5.41) is 7.86. The van der Waals surface area contributed by atoms with Crippen LogP contribution in [-0.4, -0.2) is 36.4 Å². The van der Waals surface area contributed by atoms with Crippen molar-refractivity contribution in [3.05, 3.63) is 53.2 Å². The van der Waals surface area contributed by atoms with E-state index in [1.54, 1.807) is 12.1 Å². The number of aromatic nitrogens is 2. The standard InChI is InChI=1S/C17H18FN3O2/c1-12-5-3-4-6-13(12)17(18)9-10-21(11-17)15-8-7-14(19-20-15)16(22)23-2/h3-8H,9-11H2,1-2H3/t17-/m1/s1. The van der Waals surface area contributed by atoms with Crippen molar-refractivity contribution in [1.82, 2.24) is 10.2 Å². The molecular formula is C17H18FN3O2. The van der Waals surface area contributed by atoms with Crippen LogP contribution in [-0.2, 0) is 10.4 Å². The minimum Gasteiger partial charge on any atom is -0.464 e. The number of halogens is 1. The van der Waals surface area contributed by atoms with Gasteiger partial charge in [0.1, 0.15) is 0 Å². The van der Waals surface area contributed by atoms with Gasteiger partial charge in [0.05, 0.1) is 13.7 Å². The highest BCUT2D eigenvalue weighted by atomic mass is 19.1. The Kier molecular flexibility index (Phi) is 3.98. The van der Waals surface area contributed by atoms with E-state index < -0.39 is 11.6 Å². The third-order valence-corrected chi connectivity index (χ3v) is 4.22. The maximum absolute atomic E-state index is 15.3. The summed E-state index contributed by atoms with van der Waals surface area (Å²) in [7, 11) is 1.29. The summed E-state index contributed by atoms with van der Waals surface area (Å²) < 4.78 is 19.9. The average molecular weight is 315 g/mol. The number of carbonyl (C=O) groups excluding carboxylic acids is 1. The molecule has 1 saturated heterocycles. The molecule has 2 heterocycles. The fraction of sp³-hybridized carbons (Fsp3) is 0.353. The SMILES string of the molecule is COC(=O)c1ccc(N2CC[C@](F)(c3ccccc3C)C2)nn1. The van der Waals surface area contributed by atoms with E-state index in [0.717, 1.165) is 11.1 Å². The highest BCUT2D eigenvalue weighted by Gasteiger charge is 2.41. The number of alkyl halides is 1. The lowest BCUT2D eigenvalue weighted by Crippen LogP contribution is -2.28. The van der Waals surface area contributed by atoms with Crippen LogP contribution in [0.15, 0.2) is 36.4 Å². The van der Waals surface area contributed by atoms with Crippen molar-refractivity contribution in [3.63, 3.8) is 0 Å². The fourth-order valence-corrected chi connectivity index (χ4v) is 2.97. The molecular weight excluding hydrogens is 297 g/mol. The molecule has 0 bridgehead atoms. The Bertz CT molecular complexity index is 720. The molecule has 1 aromatic carbocycles. The first kappa shape index (κ1) is 15.4. The van der Waals surface area contributed by atoms with Crippen molar-refractivity contribution in [2.45, 2.75) is 19.0 Å². The maximum atomic E-state index is 15.3. The second-order valence-corrected chi connectivity index (χ2v) is 5.72. The molecule has 0 radical (unpaired) electrons. The first-order valence-electron chi connectivity index (χ1n) is 7.45. The quantitative estimate of drug-likeness (QED) is 0.815. The number of hydrogen-bond acceptors (Lipinski definition) is 5. The van der Waals surface area contributed by atoms with Gasteiger partial charge in [-0.05, 0) is 30.2 Å². The zero-order valence-electron chi connectivity index (χ0n) is 13.1. The number of methoxy groups -OCH3 is 1. The largest absolute Gasteiger partial charge is 0.464 e. The van der Waals surface area contributed by atoms with Crippen LogP contribution in [0.1, 0.15) is 28.0 Å². The van der Waals surface area contributed by atoms with Gasteiger partial charge in [-0.2, -0.15) is 0 Å². The lowest BCUT2D eigenvalue weighted by Gasteiger charge is -2.23. The van der Waals surface area contributed by atoms with E-state index in [1.807, 2.05) is 36.1 Å². The highest BCUT2D eigenvalue weighted by molar-refractivity contribution is 5.87. The molecule has 0 N–H and O–H groups in total. The predicted molar refractivity (Wildman–Crippen MR) is 84.2 cm³/mol. The summed E-state index contributed by atoms with van der Waals surface area (Å²) in [5.74, 6) is 0.0241. The van der Waals surface area contributed by atoms with Gasteiger partial charge in [-0.15, -0.1) is 10.2 Å². The zero-order chi connectivity index (χ0) is 16.4. The van der Waals surface area contributed by atoms with Gasteiger partial charge in [-0.25, -0.2) is 9.18 Å². The normalized spacial score (nSPS) is 20.6. The molecule has 1 fully saturated rings. The van der Waals surface area contributed by atoms with E-state index in [1.165, 1.54) is 7.11 Å². The van der Waals surface area contributed by atoms with Crippen molar-refractivity contribution in [3.8, 4) is 0 Å². The van der Waals surface area contributed by atoms with Crippen molar-refractivity contribution in [1.29, 1.82) is 0 Å². The minimum absolute atomic E-state index is 0.140. The lowest BCUT2D eigenvalue weighted by atomic mass is 9.91. The van der Waals surface area contributed by atoms with Crippen LogP contribution in [0, 0.1) is 6.92 Å². The topological polar surface area (TPSA) is 55.3 Å². The number of esters is 1. The molecule has 6 heteroatoms. The first-order valence-corrected chi connectivity index (χ1v) is 7.45. The van der Waals surface area contributed by atoms with Crippen LogP contribution in [0.3, 0.4) is 0 Å². The molecule has 5 nitrogen and oxygen atoms in total. The molecule has 3 rings (SSSR count). The molecule has 0 aliphatic carbocycles. The van der Waals surface area contributed by atoms with E-state index in [0.29, 0.717) is 18.8 Å². The molecule has 0 amide bonds. The van der Waals surface area contributed by atoms with Crippen molar-refractivity contribution in [2.75, 3.05) is 25.1 Å². The Morgan fingerprint density at radius 3 is 2.70 bits per heavy atom. The fourth-order valence-electron chi connectivity index (χ4n) is 2.97. The number of nitrogens with zero attached hydrogens (tertiary/aromatic N) is 3. The number of ether oxygens (including phenoxy) is 1. The molecule has 1 atom stereocenters. The van der Waals surface area contributed by atoms with Crippen LogP contribution in [0.4, 0.5) is 10.2 Å². The molecule has 0 saturated carbocycles. The number of hydrogen-bond donors (Lipinski definition) is 0. The van der Waals surface area contributed by atoms with Gasteiger partial charge in [0.15, 0.2) is 17.2 Å². The van der Waals surface area contributed by atoms with Crippen LogP contribution in [0.25, 0.3) is 0 Å². The number of anilines is 1. The van der Waals surface area contributed by atoms with Gasteiger partial charge in [-0.1, -0.05) is 24.3 Å². The molecule has 1 aliphatic rings. The Morgan fingerprint density at radius 2 is 2.04 bits per heavy atom. The van der Waals surface area contributed by atoms with Crippen LogP contribution in [0.5, 0.6) is 0 Å². The van der Waals surface area contributed by atoms with Gasteiger partial charge in [-0.3, -0.25) is 0 Å². The van der Waals surface area contributed by atoms with Gasteiger partial charge in [0.25, 0.3) is 0 Å². The minimum atomic E-state index is -1.39. The molecule has 120 valence electrons. The average Bonchev–Trinajstić information content (AvgIpc) is 2.98. The molecule has 0 unspecified atom stereocenters. The summed E-state index contributed by atoms with van der Waals surface area (Å²) in [6.07, 6.45) is 0.401. The van der Waals surface area contributed by atoms with Crippen LogP contribution >= 0.6 is 0 Å². The van der Waals surface area contributed by atoms with Crippen LogP contribution in [0.2, 0.25) is 0 Å². The molecule has 0 spiro atoms. The van der Waals surface area contributed by atoms with E-state index in [9.17, 15) is 4.79 Å². The van der Waals surface area contributed by atoms with Gasteiger partial charge >= 0.3 is 5.97 Å². The van der Waals surface area contributed by atoms with E-state index >= 15 is 4.39 Å². The van der Waals surface area contributed by atoms with Gasteiger partial charge in [0, 0.05) is 13.0 Å². The Balaban J connectivity index is 1.80. The van der Waals surface area contributed by atoms with Gasteiger partial charge < -0.3 is 9.64 Å². The zero-order valence-corrected chi connectivity index (χ0v) is 13.1. The number of carbonyl (C=O) groups is 1. The van der Waals surface area contributed by atoms with E-state index in [-0.39, 0.29) is 12.2 Å². The Labute approximate surface area is 134 Å². The smallest absolute Gasteiger partial charge is 0.358 e. The second-order valence-electron chi connectivity index (χ2n) is 5.72. The first-order chi connectivity index (χ1) is 11.0. The number of aryl methyl sites for hydroxylation is 1. The number of rotatable bonds is 3. The predicted octanol–water partition coefficient (Wildman–Crippen LogP) is 2.65. The van der Waals surface area contributed by atoms with Crippen molar-refractivity contribution in [2.24, 2.45) is 0 Å². The summed E-state index contributed by atoms with van der Waals surface area (Å²) in [5.41, 5.74) is 0.417. The van der Waals surface area contributed by atoms with Crippen molar-refractivity contribution < 1.29 is 13.9 Å². The third kappa shape index (κ3) is 2.88. The maximum Gasteiger partial charge on any atom is 0.358 e. The molecule has 2 aromatic rings. The number of benzene rings is 1. The van der Waals surface area contributed by atoms with E-state index in [2.05, 4.69) is 14.9 Å². The molecule has 23 heavy (non-hydrogen) atoms.